The van der Waals surface area contributed by atoms with E-state index in [9.17, 15) is 14.4 Å². The average Bonchev–Trinajstić information content (AvgIpc) is 2.74. The minimum Gasteiger partial charge on any atom is -0.449 e. The second-order valence-corrected chi connectivity index (χ2v) is 6.51. The number of nitrogens with one attached hydrogen (secondary N) is 2. The van der Waals surface area contributed by atoms with Crippen molar-refractivity contribution in [3.8, 4) is 11.1 Å². The van der Waals surface area contributed by atoms with Gasteiger partial charge in [0.1, 0.15) is 0 Å². The van der Waals surface area contributed by atoms with E-state index in [1.54, 1.807) is 6.07 Å². The van der Waals surface area contributed by atoms with Crippen LogP contribution in [0.2, 0.25) is 0 Å². The molecular formula is C23H21N3O4. The first-order valence-corrected chi connectivity index (χ1v) is 9.27. The molecule has 30 heavy (non-hydrogen) atoms. The van der Waals surface area contributed by atoms with Gasteiger partial charge in [-0.05, 0) is 42.8 Å². The van der Waals surface area contributed by atoms with Gasteiger partial charge >= 0.3 is 12.0 Å². The van der Waals surface area contributed by atoms with Crippen LogP contribution < -0.4 is 16.4 Å². The predicted octanol–water partition coefficient (Wildman–Crippen LogP) is 4.03. The van der Waals surface area contributed by atoms with Crippen molar-refractivity contribution >= 4 is 29.3 Å². The number of amides is 3. The zero-order chi connectivity index (χ0) is 21.5. The van der Waals surface area contributed by atoms with Crippen LogP contribution in [0.3, 0.4) is 0 Å². The molecule has 1 atom stereocenters. The molecule has 0 aliphatic heterocycles. The van der Waals surface area contributed by atoms with E-state index in [-0.39, 0.29) is 5.56 Å². The van der Waals surface area contributed by atoms with E-state index in [4.69, 9.17) is 10.5 Å². The summed E-state index contributed by atoms with van der Waals surface area (Å²) in [6, 6.07) is 22.3. The summed E-state index contributed by atoms with van der Waals surface area (Å²) in [5.74, 6) is -1.10. The molecule has 0 heterocycles. The summed E-state index contributed by atoms with van der Waals surface area (Å²) in [6.45, 7) is 1.50. The number of ether oxygens (including phenoxy) is 1. The summed E-state index contributed by atoms with van der Waals surface area (Å²) in [6.07, 6.45) is -1.01. The molecule has 0 radical (unpaired) electrons. The van der Waals surface area contributed by atoms with Gasteiger partial charge in [-0.15, -0.1) is 0 Å². The third-order valence-electron chi connectivity index (χ3n) is 4.31. The van der Waals surface area contributed by atoms with Crippen LogP contribution in [0.15, 0.2) is 78.9 Å². The second-order valence-electron chi connectivity index (χ2n) is 6.51. The van der Waals surface area contributed by atoms with Crippen molar-refractivity contribution in [1.82, 2.24) is 0 Å². The van der Waals surface area contributed by atoms with Crippen molar-refractivity contribution < 1.29 is 19.1 Å². The third kappa shape index (κ3) is 5.23. The van der Waals surface area contributed by atoms with Gasteiger partial charge < -0.3 is 21.1 Å². The van der Waals surface area contributed by atoms with Gasteiger partial charge in [0.25, 0.3) is 5.91 Å². The topological polar surface area (TPSA) is 111 Å². The van der Waals surface area contributed by atoms with Crippen molar-refractivity contribution in [1.29, 1.82) is 0 Å². The number of para-hydroxylation sites is 1. The number of carbonyl (C=O) groups excluding carboxylic acids is 3. The number of hydrogen-bond donors (Lipinski definition) is 3. The van der Waals surface area contributed by atoms with Gasteiger partial charge in [-0.25, -0.2) is 9.59 Å². The van der Waals surface area contributed by atoms with Gasteiger partial charge in [0.15, 0.2) is 6.10 Å². The van der Waals surface area contributed by atoms with Gasteiger partial charge in [0.2, 0.25) is 0 Å². The molecule has 1 unspecified atom stereocenters. The van der Waals surface area contributed by atoms with Crippen LogP contribution in [0.1, 0.15) is 17.3 Å². The van der Waals surface area contributed by atoms with E-state index in [0.29, 0.717) is 11.4 Å². The number of rotatable bonds is 6. The van der Waals surface area contributed by atoms with Crippen LogP contribution in [0.25, 0.3) is 11.1 Å². The highest BCUT2D eigenvalue weighted by Crippen LogP contribution is 2.27. The molecule has 0 aromatic heterocycles. The molecule has 7 nitrogen and oxygen atoms in total. The van der Waals surface area contributed by atoms with Crippen LogP contribution in [0.4, 0.5) is 16.2 Å². The summed E-state index contributed by atoms with van der Waals surface area (Å²) in [5.41, 5.74) is 8.19. The zero-order valence-corrected chi connectivity index (χ0v) is 16.3. The Balaban J connectivity index is 1.65. The van der Waals surface area contributed by atoms with Gasteiger partial charge in [0.05, 0.1) is 5.56 Å². The Kier molecular flexibility index (Phi) is 6.44. The molecule has 3 amide bonds. The molecule has 3 rings (SSSR count). The number of anilines is 2. The summed E-state index contributed by atoms with van der Waals surface area (Å²) in [4.78, 5) is 35.8. The smallest absolute Gasteiger partial charge is 0.338 e. The molecule has 0 fully saturated rings. The zero-order valence-electron chi connectivity index (χ0n) is 16.3. The van der Waals surface area contributed by atoms with Gasteiger partial charge in [-0.2, -0.15) is 0 Å². The Morgan fingerprint density at radius 2 is 1.47 bits per heavy atom. The average molecular weight is 403 g/mol. The van der Waals surface area contributed by atoms with E-state index in [1.165, 1.54) is 31.2 Å². The highest BCUT2D eigenvalue weighted by atomic mass is 16.5. The van der Waals surface area contributed by atoms with E-state index in [0.717, 1.165) is 11.1 Å². The highest BCUT2D eigenvalue weighted by Gasteiger charge is 2.20. The number of primary amides is 1. The third-order valence-corrected chi connectivity index (χ3v) is 4.31. The van der Waals surface area contributed by atoms with Crippen LogP contribution in [-0.2, 0) is 9.53 Å². The minimum absolute atomic E-state index is 0.245. The fraction of sp³-hybridized carbons (Fsp3) is 0.0870. The molecule has 0 bridgehead atoms. The van der Waals surface area contributed by atoms with Crippen molar-refractivity contribution in [2.75, 3.05) is 10.6 Å². The normalized spacial score (nSPS) is 11.2. The molecule has 3 aromatic rings. The Labute approximate surface area is 173 Å². The lowest BCUT2D eigenvalue weighted by molar-refractivity contribution is -0.123. The molecule has 3 aromatic carbocycles. The molecule has 4 N–H and O–H groups in total. The van der Waals surface area contributed by atoms with Crippen molar-refractivity contribution in [3.05, 3.63) is 84.4 Å². The summed E-state index contributed by atoms with van der Waals surface area (Å²) < 4.78 is 5.27. The highest BCUT2D eigenvalue weighted by molar-refractivity contribution is 6.00. The second kappa shape index (κ2) is 9.38. The van der Waals surface area contributed by atoms with Crippen LogP contribution in [0.5, 0.6) is 0 Å². The fourth-order valence-corrected chi connectivity index (χ4v) is 2.81. The van der Waals surface area contributed by atoms with Gasteiger partial charge in [-0.3, -0.25) is 4.79 Å². The Morgan fingerprint density at radius 1 is 0.833 bits per heavy atom. The lowest BCUT2D eigenvalue weighted by atomic mass is 10.0. The number of urea groups is 1. The lowest BCUT2D eigenvalue weighted by Gasteiger charge is -2.16. The Hall–Kier alpha value is -4.13. The molecule has 0 aliphatic rings. The molecule has 0 saturated heterocycles. The predicted molar refractivity (Wildman–Crippen MR) is 115 cm³/mol. The first kappa shape index (κ1) is 20.6. The van der Waals surface area contributed by atoms with Crippen molar-refractivity contribution in [2.24, 2.45) is 5.73 Å². The molecule has 0 aliphatic carbocycles. The molecule has 0 spiro atoms. The van der Waals surface area contributed by atoms with Crippen LogP contribution in [0, 0.1) is 0 Å². The SMILES string of the molecule is CC(OC(=O)c1ccc(NC(N)=O)cc1)C(=O)Nc1ccccc1-c1ccccc1. The number of carbonyl (C=O) groups is 3. The Morgan fingerprint density at radius 3 is 2.13 bits per heavy atom. The number of esters is 1. The molecule has 7 heteroatoms. The largest absolute Gasteiger partial charge is 0.449 e. The first-order valence-electron chi connectivity index (χ1n) is 9.27. The van der Waals surface area contributed by atoms with Crippen LogP contribution in [-0.4, -0.2) is 24.0 Å². The van der Waals surface area contributed by atoms with Crippen LogP contribution >= 0.6 is 0 Å². The quantitative estimate of drug-likeness (QED) is 0.540. The maximum absolute atomic E-state index is 12.6. The lowest BCUT2D eigenvalue weighted by Crippen LogP contribution is -2.30. The van der Waals surface area contributed by atoms with Gasteiger partial charge in [0, 0.05) is 16.9 Å². The molecular weight excluding hydrogens is 382 g/mol. The number of benzene rings is 3. The molecule has 0 saturated carbocycles. The maximum atomic E-state index is 12.6. The van der Waals surface area contributed by atoms with Crippen molar-refractivity contribution in [2.45, 2.75) is 13.0 Å². The maximum Gasteiger partial charge on any atom is 0.338 e. The minimum atomic E-state index is -1.01. The summed E-state index contributed by atoms with van der Waals surface area (Å²) >= 11 is 0. The number of hydrogen-bond acceptors (Lipinski definition) is 4. The standard InChI is InChI=1S/C23H21N3O4/c1-15(30-22(28)17-11-13-18(14-12-17)25-23(24)29)21(27)26-20-10-6-5-9-19(20)16-7-3-2-4-8-16/h2-15H,1H3,(H,26,27)(H3,24,25,29). The van der Waals surface area contributed by atoms with E-state index < -0.39 is 24.0 Å². The summed E-state index contributed by atoms with van der Waals surface area (Å²) in [7, 11) is 0. The monoisotopic (exact) mass is 403 g/mol. The van der Waals surface area contributed by atoms with E-state index >= 15 is 0 Å². The van der Waals surface area contributed by atoms with Crippen molar-refractivity contribution in [3.63, 3.8) is 0 Å². The summed E-state index contributed by atoms with van der Waals surface area (Å²) in [5, 5.41) is 5.22. The Bertz CT molecular complexity index is 1050. The van der Waals surface area contributed by atoms with E-state index in [1.807, 2.05) is 48.5 Å². The number of nitrogens with two attached hydrogens (primary N) is 1. The molecule has 152 valence electrons. The fourth-order valence-electron chi connectivity index (χ4n) is 2.81. The van der Waals surface area contributed by atoms with E-state index in [2.05, 4.69) is 10.6 Å². The first-order chi connectivity index (χ1) is 14.4. The van der Waals surface area contributed by atoms with Gasteiger partial charge in [-0.1, -0.05) is 48.5 Å².